The lowest BCUT2D eigenvalue weighted by atomic mass is 9.80. The Labute approximate surface area is 156 Å². The molecular formula is C24H26NO. The molecule has 2 aromatic carbocycles. The van der Waals surface area contributed by atoms with Gasteiger partial charge in [-0.25, -0.2) is 0 Å². The molecular weight excluding hydrogens is 318 g/mol. The van der Waals surface area contributed by atoms with E-state index in [2.05, 4.69) is 52.8 Å². The van der Waals surface area contributed by atoms with Crippen LogP contribution in [0.4, 0.5) is 0 Å². The minimum absolute atomic E-state index is 0.0363. The molecule has 2 heteroatoms. The maximum absolute atomic E-state index is 12.2. The van der Waals surface area contributed by atoms with Gasteiger partial charge in [0.15, 0.2) is 0 Å². The minimum Gasteiger partial charge on any atom is -0.267 e. The van der Waals surface area contributed by atoms with E-state index in [1.165, 1.54) is 44.5 Å². The number of hydrogen-bond acceptors (Lipinski definition) is 1. The average molecular weight is 344 g/mol. The zero-order valence-corrected chi connectivity index (χ0v) is 16.3. The molecule has 4 rings (SSSR count). The van der Waals surface area contributed by atoms with Crippen molar-refractivity contribution in [2.45, 2.75) is 59.3 Å². The van der Waals surface area contributed by atoms with Crippen molar-refractivity contribution in [3.8, 4) is 11.1 Å². The van der Waals surface area contributed by atoms with Crippen molar-refractivity contribution in [2.75, 3.05) is 0 Å². The largest absolute Gasteiger partial charge is 0.270 e. The van der Waals surface area contributed by atoms with Crippen LogP contribution >= 0.6 is 0 Å². The van der Waals surface area contributed by atoms with E-state index < -0.39 is 5.91 Å². The molecule has 0 spiro atoms. The van der Waals surface area contributed by atoms with Crippen molar-refractivity contribution in [2.24, 2.45) is 0 Å². The topological polar surface area (TPSA) is 40.9 Å². The van der Waals surface area contributed by atoms with E-state index in [0.29, 0.717) is 5.56 Å². The molecule has 133 valence electrons. The molecule has 0 atom stereocenters. The molecule has 0 fully saturated rings. The van der Waals surface area contributed by atoms with Crippen LogP contribution in [0.15, 0.2) is 23.8 Å². The van der Waals surface area contributed by atoms with Gasteiger partial charge in [0.25, 0.3) is 5.91 Å². The summed E-state index contributed by atoms with van der Waals surface area (Å²) in [6.45, 7) is 11.0. The number of carbonyl (C=O) groups excluding carboxylic acids is 1. The number of hydrogen-bond donors (Lipinski definition) is 0. The first-order valence-corrected chi connectivity index (χ1v) is 9.43. The van der Waals surface area contributed by atoms with E-state index in [4.69, 9.17) is 5.73 Å². The molecule has 0 heterocycles. The summed E-state index contributed by atoms with van der Waals surface area (Å²) in [6.07, 6.45) is 5.17. The summed E-state index contributed by atoms with van der Waals surface area (Å²) < 4.78 is 0. The number of fused-ring (bicyclic) bond motifs is 3. The molecule has 1 N–H and O–H groups in total. The molecule has 2 nitrogen and oxygen atoms in total. The van der Waals surface area contributed by atoms with E-state index in [1.807, 2.05) is 6.07 Å². The molecule has 2 bridgehead atoms. The molecule has 2 aromatic rings. The highest BCUT2D eigenvalue weighted by atomic mass is 16.1. The number of rotatable bonds is 2. The van der Waals surface area contributed by atoms with E-state index in [0.717, 1.165) is 24.8 Å². The first-order chi connectivity index (χ1) is 12.2. The Morgan fingerprint density at radius 3 is 2.42 bits per heavy atom. The number of benzene rings is 2. The van der Waals surface area contributed by atoms with Gasteiger partial charge < -0.3 is 0 Å². The van der Waals surface area contributed by atoms with Gasteiger partial charge in [0.05, 0.1) is 0 Å². The highest BCUT2D eigenvalue weighted by Crippen LogP contribution is 2.43. The van der Waals surface area contributed by atoms with Crippen LogP contribution in [0.25, 0.3) is 17.2 Å². The molecule has 0 saturated heterocycles. The second-order valence-electron chi connectivity index (χ2n) is 8.90. The molecule has 1 amide bonds. The van der Waals surface area contributed by atoms with Gasteiger partial charge in [0, 0.05) is 5.56 Å². The zero-order valence-electron chi connectivity index (χ0n) is 16.3. The third kappa shape index (κ3) is 2.51. The van der Waals surface area contributed by atoms with Gasteiger partial charge in [-0.1, -0.05) is 44.6 Å². The summed E-state index contributed by atoms with van der Waals surface area (Å²) >= 11 is 0. The van der Waals surface area contributed by atoms with Crippen LogP contribution in [0.5, 0.6) is 0 Å². The molecule has 2 aliphatic carbocycles. The SMILES string of the molecule is CC1=Cc2cc(C(C)(C)C)cc(-c3c(C([NH])=O)cc4c(C)c3CC4)c2C1. The second kappa shape index (κ2) is 5.57. The molecule has 0 unspecified atom stereocenters. The number of aryl methyl sites for hydroxylation is 1. The van der Waals surface area contributed by atoms with Crippen molar-refractivity contribution >= 4 is 12.0 Å². The quantitative estimate of drug-likeness (QED) is 0.715. The summed E-state index contributed by atoms with van der Waals surface area (Å²) in [4.78, 5) is 12.2. The molecule has 0 saturated carbocycles. The fraction of sp³-hybridized carbons (Fsp3) is 0.375. The van der Waals surface area contributed by atoms with Crippen LogP contribution in [0.2, 0.25) is 0 Å². The molecule has 2 aliphatic rings. The Kier molecular flexibility index (Phi) is 3.66. The average Bonchev–Trinajstić information content (AvgIpc) is 3.00. The Hall–Kier alpha value is -2.35. The lowest BCUT2D eigenvalue weighted by molar-refractivity contribution is 0.0992. The second-order valence-corrected chi connectivity index (χ2v) is 8.90. The Balaban J connectivity index is 2.07. The Morgan fingerprint density at radius 2 is 1.77 bits per heavy atom. The van der Waals surface area contributed by atoms with Crippen LogP contribution in [-0.4, -0.2) is 5.91 Å². The lowest BCUT2D eigenvalue weighted by Gasteiger charge is -2.24. The van der Waals surface area contributed by atoms with E-state index in [1.54, 1.807) is 0 Å². The number of nitrogens with one attached hydrogen (secondary N) is 1. The van der Waals surface area contributed by atoms with Gasteiger partial charge in [-0.05, 0) is 89.1 Å². The lowest BCUT2D eigenvalue weighted by Crippen LogP contribution is -2.13. The third-order valence-corrected chi connectivity index (χ3v) is 5.99. The minimum atomic E-state index is -0.568. The van der Waals surface area contributed by atoms with Crippen LogP contribution < -0.4 is 5.73 Å². The highest BCUT2D eigenvalue weighted by molar-refractivity contribution is 6.02. The Morgan fingerprint density at radius 1 is 1.04 bits per heavy atom. The summed E-state index contributed by atoms with van der Waals surface area (Å²) in [7, 11) is 0. The van der Waals surface area contributed by atoms with Crippen molar-refractivity contribution in [1.82, 2.24) is 5.73 Å². The van der Waals surface area contributed by atoms with Gasteiger partial charge in [-0.2, -0.15) is 0 Å². The maximum Gasteiger partial charge on any atom is 0.270 e. The molecule has 0 aliphatic heterocycles. The van der Waals surface area contributed by atoms with Crippen molar-refractivity contribution < 1.29 is 4.79 Å². The van der Waals surface area contributed by atoms with Crippen LogP contribution in [-0.2, 0) is 24.7 Å². The summed E-state index contributed by atoms with van der Waals surface area (Å²) in [6, 6.07) is 6.56. The summed E-state index contributed by atoms with van der Waals surface area (Å²) in [5.41, 5.74) is 19.7. The van der Waals surface area contributed by atoms with Gasteiger partial charge in [-0.15, -0.1) is 0 Å². The van der Waals surface area contributed by atoms with Gasteiger partial charge >= 0.3 is 0 Å². The standard InChI is InChI=1S/C24H26NO/c1-13-8-16-10-17(24(3,4)5)12-20(19(16)9-13)22-18-7-6-15(14(18)2)11-21(22)23(25)26/h8,10-12,25H,6-7,9H2,1-5H3. The predicted octanol–water partition coefficient (Wildman–Crippen LogP) is 5.44. The normalized spacial score (nSPS) is 15.2. The van der Waals surface area contributed by atoms with E-state index >= 15 is 0 Å². The molecule has 0 aromatic heterocycles. The summed E-state index contributed by atoms with van der Waals surface area (Å²) in [5.74, 6) is -0.568. The fourth-order valence-corrected chi connectivity index (χ4v) is 4.49. The van der Waals surface area contributed by atoms with Crippen molar-refractivity contribution in [3.05, 3.63) is 62.7 Å². The number of amides is 1. The molecule has 26 heavy (non-hydrogen) atoms. The van der Waals surface area contributed by atoms with Gasteiger partial charge in [-0.3, -0.25) is 10.5 Å². The fourth-order valence-electron chi connectivity index (χ4n) is 4.49. The van der Waals surface area contributed by atoms with Gasteiger partial charge in [0.2, 0.25) is 0 Å². The zero-order chi connectivity index (χ0) is 18.8. The first-order valence-electron chi connectivity index (χ1n) is 9.43. The van der Waals surface area contributed by atoms with Crippen molar-refractivity contribution in [1.29, 1.82) is 0 Å². The van der Waals surface area contributed by atoms with E-state index in [9.17, 15) is 4.79 Å². The smallest absolute Gasteiger partial charge is 0.267 e. The first kappa shape index (κ1) is 17.1. The highest BCUT2D eigenvalue weighted by Gasteiger charge is 2.28. The van der Waals surface area contributed by atoms with Crippen LogP contribution in [0, 0.1) is 6.92 Å². The third-order valence-electron chi connectivity index (χ3n) is 5.99. The van der Waals surface area contributed by atoms with E-state index in [-0.39, 0.29) is 5.41 Å². The summed E-state index contributed by atoms with van der Waals surface area (Å²) in [5, 5.41) is 0. The molecule has 1 radical (unpaired) electrons. The predicted molar refractivity (Wildman–Crippen MR) is 108 cm³/mol. The maximum atomic E-state index is 12.2. The number of carbonyl (C=O) groups is 1. The monoisotopic (exact) mass is 344 g/mol. The van der Waals surface area contributed by atoms with Crippen LogP contribution in [0.1, 0.15) is 71.4 Å². The number of allylic oxidation sites excluding steroid dienone is 1. The van der Waals surface area contributed by atoms with Gasteiger partial charge in [0.1, 0.15) is 0 Å². The van der Waals surface area contributed by atoms with Crippen LogP contribution in [0.3, 0.4) is 0 Å². The Bertz CT molecular complexity index is 986. The van der Waals surface area contributed by atoms with Crippen molar-refractivity contribution in [3.63, 3.8) is 0 Å².